The van der Waals surface area contributed by atoms with Gasteiger partial charge in [0.05, 0.1) is 5.69 Å². The molecular weight excluding hydrogens is 248 g/mol. The summed E-state index contributed by atoms with van der Waals surface area (Å²) in [6.07, 6.45) is 0. The minimum absolute atomic E-state index is 0.334. The van der Waals surface area contributed by atoms with Gasteiger partial charge in [0.2, 0.25) is 0 Å². The van der Waals surface area contributed by atoms with Gasteiger partial charge in [0.25, 0.3) is 0 Å². The molecule has 0 aliphatic carbocycles. The molecule has 0 radical (unpaired) electrons. The highest BCUT2D eigenvalue weighted by Crippen LogP contribution is 2.19. The molecule has 1 atom stereocenters. The number of aryl methyl sites for hydroxylation is 1. The first kappa shape index (κ1) is 14.5. The van der Waals surface area contributed by atoms with Crippen molar-refractivity contribution in [2.45, 2.75) is 33.4 Å². The van der Waals surface area contributed by atoms with Gasteiger partial charge in [0.15, 0.2) is 0 Å². The molecule has 0 spiro atoms. The Kier molecular flexibility index (Phi) is 5.13. The maximum atomic E-state index is 5.83. The van der Waals surface area contributed by atoms with Crippen molar-refractivity contribution in [3.05, 3.63) is 59.4 Å². The zero-order chi connectivity index (χ0) is 14.4. The number of pyridine rings is 1. The van der Waals surface area contributed by atoms with Gasteiger partial charge in [-0.3, -0.25) is 4.98 Å². The predicted octanol–water partition coefficient (Wildman–Crippen LogP) is 3.64. The predicted molar refractivity (Wildman–Crippen MR) is 81.8 cm³/mol. The summed E-state index contributed by atoms with van der Waals surface area (Å²) < 4.78 is 5.83. The summed E-state index contributed by atoms with van der Waals surface area (Å²) in [5.41, 5.74) is 3.21. The molecule has 0 saturated heterocycles. The van der Waals surface area contributed by atoms with Crippen molar-refractivity contribution in [2.24, 2.45) is 0 Å². The van der Waals surface area contributed by atoms with E-state index in [1.165, 1.54) is 5.56 Å². The Morgan fingerprint density at radius 2 is 2.00 bits per heavy atom. The van der Waals surface area contributed by atoms with Crippen LogP contribution in [0.1, 0.15) is 36.8 Å². The lowest BCUT2D eigenvalue weighted by Crippen LogP contribution is -2.17. The van der Waals surface area contributed by atoms with Crippen molar-refractivity contribution >= 4 is 0 Å². The second kappa shape index (κ2) is 7.06. The van der Waals surface area contributed by atoms with Gasteiger partial charge in [0.1, 0.15) is 12.4 Å². The van der Waals surface area contributed by atoms with E-state index in [4.69, 9.17) is 4.74 Å². The lowest BCUT2D eigenvalue weighted by atomic mass is 10.1. The van der Waals surface area contributed by atoms with E-state index in [1.54, 1.807) is 0 Å². The van der Waals surface area contributed by atoms with Gasteiger partial charge >= 0.3 is 0 Å². The Morgan fingerprint density at radius 1 is 1.20 bits per heavy atom. The molecule has 1 heterocycles. The summed E-state index contributed by atoms with van der Waals surface area (Å²) in [4.78, 5) is 4.44. The van der Waals surface area contributed by atoms with Crippen LogP contribution in [0.25, 0.3) is 0 Å². The number of ether oxygens (including phenoxy) is 1. The molecule has 2 aromatic rings. The van der Waals surface area contributed by atoms with Crippen molar-refractivity contribution in [3.8, 4) is 5.75 Å². The largest absolute Gasteiger partial charge is 0.487 e. The van der Waals surface area contributed by atoms with Gasteiger partial charge < -0.3 is 10.1 Å². The Morgan fingerprint density at radius 3 is 2.75 bits per heavy atom. The molecule has 3 nitrogen and oxygen atoms in total. The number of hydrogen-bond acceptors (Lipinski definition) is 3. The van der Waals surface area contributed by atoms with E-state index in [2.05, 4.69) is 36.3 Å². The molecule has 0 aliphatic rings. The summed E-state index contributed by atoms with van der Waals surface area (Å²) in [5, 5.41) is 3.40. The third-order valence-corrected chi connectivity index (χ3v) is 3.20. The molecular formula is C17H22N2O. The van der Waals surface area contributed by atoms with Crippen LogP contribution in [0, 0.1) is 6.92 Å². The number of nitrogens with one attached hydrogen (secondary N) is 1. The number of aromatic nitrogens is 1. The van der Waals surface area contributed by atoms with Gasteiger partial charge in [0, 0.05) is 11.7 Å². The second-order valence-corrected chi connectivity index (χ2v) is 4.91. The van der Waals surface area contributed by atoms with Gasteiger partial charge in [-0.2, -0.15) is 0 Å². The molecule has 20 heavy (non-hydrogen) atoms. The molecule has 3 heteroatoms. The summed E-state index contributed by atoms with van der Waals surface area (Å²) in [5.74, 6) is 0.885. The fourth-order valence-corrected chi connectivity index (χ4v) is 2.13. The van der Waals surface area contributed by atoms with Gasteiger partial charge in [-0.25, -0.2) is 0 Å². The fourth-order valence-electron chi connectivity index (χ4n) is 2.13. The fraction of sp³-hybridized carbons (Fsp3) is 0.353. The van der Waals surface area contributed by atoms with Crippen molar-refractivity contribution in [1.82, 2.24) is 10.3 Å². The first-order valence-electron chi connectivity index (χ1n) is 7.07. The van der Waals surface area contributed by atoms with Crippen LogP contribution in [0.15, 0.2) is 42.5 Å². The standard InChI is InChI=1S/C17H22N2O/c1-4-18-14(3)15-8-6-10-17(11-15)20-12-16-9-5-7-13(2)19-16/h5-11,14,18H,4,12H2,1-3H3. The van der Waals surface area contributed by atoms with E-state index in [0.717, 1.165) is 23.7 Å². The van der Waals surface area contributed by atoms with Gasteiger partial charge in [-0.1, -0.05) is 25.1 Å². The lowest BCUT2D eigenvalue weighted by Gasteiger charge is -2.14. The molecule has 0 saturated carbocycles. The Balaban J connectivity index is 2.01. The maximum absolute atomic E-state index is 5.83. The Hall–Kier alpha value is -1.87. The summed E-state index contributed by atoms with van der Waals surface area (Å²) in [6.45, 7) is 7.72. The van der Waals surface area contributed by atoms with E-state index in [9.17, 15) is 0 Å². The zero-order valence-electron chi connectivity index (χ0n) is 12.4. The van der Waals surface area contributed by atoms with Crippen LogP contribution in [0.5, 0.6) is 5.75 Å². The smallest absolute Gasteiger partial charge is 0.130 e. The van der Waals surface area contributed by atoms with Gasteiger partial charge in [-0.15, -0.1) is 0 Å². The van der Waals surface area contributed by atoms with E-state index in [0.29, 0.717) is 12.6 Å². The second-order valence-electron chi connectivity index (χ2n) is 4.91. The highest BCUT2D eigenvalue weighted by atomic mass is 16.5. The van der Waals surface area contributed by atoms with Crippen molar-refractivity contribution in [2.75, 3.05) is 6.54 Å². The normalized spacial score (nSPS) is 12.2. The van der Waals surface area contributed by atoms with Crippen molar-refractivity contribution in [3.63, 3.8) is 0 Å². The van der Waals surface area contributed by atoms with Crippen molar-refractivity contribution in [1.29, 1.82) is 0 Å². The first-order valence-corrected chi connectivity index (χ1v) is 7.07. The molecule has 0 aliphatic heterocycles. The van der Waals surface area contributed by atoms with Crippen molar-refractivity contribution < 1.29 is 4.74 Å². The van der Waals surface area contributed by atoms with Crippen LogP contribution >= 0.6 is 0 Å². The van der Waals surface area contributed by atoms with E-state index in [-0.39, 0.29) is 0 Å². The average Bonchev–Trinajstić information content (AvgIpc) is 2.46. The molecule has 106 valence electrons. The quantitative estimate of drug-likeness (QED) is 0.870. The topological polar surface area (TPSA) is 34.1 Å². The van der Waals surface area contributed by atoms with Crippen LogP contribution < -0.4 is 10.1 Å². The SMILES string of the molecule is CCNC(C)c1cccc(OCc2cccc(C)n2)c1. The van der Waals surface area contributed by atoms with E-state index >= 15 is 0 Å². The Labute approximate surface area is 121 Å². The molecule has 1 unspecified atom stereocenters. The molecule has 1 N–H and O–H groups in total. The number of nitrogens with zero attached hydrogens (tertiary/aromatic N) is 1. The van der Waals surface area contributed by atoms with Crippen LogP contribution in [0.3, 0.4) is 0 Å². The molecule has 0 amide bonds. The first-order chi connectivity index (χ1) is 9.69. The lowest BCUT2D eigenvalue weighted by molar-refractivity contribution is 0.300. The monoisotopic (exact) mass is 270 g/mol. The minimum Gasteiger partial charge on any atom is -0.487 e. The average molecular weight is 270 g/mol. The van der Waals surface area contributed by atoms with E-state index < -0.39 is 0 Å². The highest BCUT2D eigenvalue weighted by Gasteiger charge is 2.05. The highest BCUT2D eigenvalue weighted by molar-refractivity contribution is 5.30. The molecule has 1 aromatic heterocycles. The molecule has 0 bridgehead atoms. The molecule has 2 rings (SSSR count). The van der Waals surface area contributed by atoms with Crippen LogP contribution in [-0.2, 0) is 6.61 Å². The minimum atomic E-state index is 0.334. The molecule has 0 fully saturated rings. The maximum Gasteiger partial charge on any atom is 0.130 e. The molecule has 1 aromatic carbocycles. The number of hydrogen-bond donors (Lipinski definition) is 1. The number of rotatable bonds is 6. The summed E-state index contributed by atoms with van der Waals surface area (Å²) in [6, 6.07) is 14.5. The van der Waals surface area contributed by atoms with E-state index in [1.807, 2.05) is 37.3 Å². The third-order valence-electron chi connectivity index (χ3n) is 3.20. The Bertz CT molecular complexity index is 554. The third kappa shape index (κ3) is 4.07. The van der Waals surface area contributed by atoms with Crippen LogP contribution in [0.4, 0.5) is 0 Å². The summed E-state index contributed by atoms with van der Waals surface area (Å²) in [7, 11) is 0. The van der Waals surface area contributed by atoms with Crippen LogP contribution in [0.2, 0.25) is 0 Å². The zero-order valence-corrected chi connectivity index (χ0v) is 12.4. The summed E-state index contributed by atoms with van der Waals surface area (Å²) >= 11 is 0. The number of benzene rings is 1. The van der Waals surface area contributed by atoms with Gasteiger partial charge in [-0.05, 0) is 50.2 Å². The van der Waals surface area contributed by atoms with Crippen LogP contribution in [-0.4, -0.2) is 11.5 Å².